The van der Waals surface area contributed by atoms with Crippen LogP contribution in [0.5, 0.6) is 0 Å². The van der Waals surface area contributed by atoms with E-state index in [1.807, 2.05) is 7.05 Å². The van der Waals surface area contributed by atoms with Gasteiger partial charge in [-0.3, -0.25) is 4.68 Å². The van der Waals surface area contributed by atoms with Crippen LogP contribution in [0.4, 0.5) is 0 Å². The summed E-state index contributed by atoms with van der Waals surface area (Å²) in [5.74, 6) is 0. The van der Waals surface area contributed by atoms with E-state index in [1.165, 1.54) is 0 Å². The highest BCUT2D eigenvalue weighted by atomic mass is 16.3. The van der Waals surface area contributed by atoms with Crippen molar-refractivity contribution in [2.24, 2.45) is 14.1 Å². The number of aliphatic hydroxyl groups excluding tert-OH is 1. The van der Waals surface area contributed by atoms with Crippen LogP contribution in [-0.4, -0.2) is 24.4 Å². The molecule has 0 fully saturated rings. The predicted octanol–water partition coefficient (Wildman–Crippen LogP) is 0.235. The Morgan fingerprint density at radius 3 is 2.64 bits per heavy atom. The first-order valence-electron chi connectivity index (χ1n) is 4.32. The van der Waals surface area contributed by atoms with Gasteiger partial charge >= 0.3 is 0 Å². The van der Waals surface area contributed by atoms with E-state index in [4.69, 9.17) is 0 Å². The Morgan fingerprint density at radius 1 is 1.36 bits per heavy atom. The fourth-order valence-corrected chi connectivity index (χ4v) is 1.43. The number of aromatic nitrogens is 4. The van der Waals surface area contributed by atoms with Gasteiger partial charge in [-0.2, -0.15) is 5.10 Å². The molecule has 1 unspecified atom stereocenters. The molecular weight excluding hydrogens is 180 g/mol. The molecular formula is C9H12N4O. The van der Waals surface area contributed by atoms with Crippen LogP contribution < -0.4 is 0 Å². The Morgan fingerprint density at radius 2 is 2.14 bits per heavy atom. The molecule has 1 atom stereocenters. The molecule has 1 N–H and O–H groups in total. The summed E-state index contributed by atoms with van der Waals surface area (Å²) in [7, 11) is 3.65. The van der Waals surface area contributed by atoms with Gasteiger partial charge in [0.15, 0.2) is 0 Å². The van der Waals surface area contributed by atoms with Gasteiger partial charge in [-0.05, 0) is 6.07 Å². The Balaban J connectivity index is 2.38. The van der Waals surface area contributed by atoms with E-state index in [0.29, 0.717) is 0 Å². The van der Waals surface area contributed by atoms with Gasteiger partial charge in [-0.15, -0.1) is 0 Å². The fraction of sp³-hybridized carbons (Fsp3) is 0.333. The molecule has 0 saturated carbocycles. The van der Waals surface area contributed by atoms with Gasteiger partial charge in [0.05, 0.1) is 23.9 Å². The molecule has 0 bridgehead atoms. The van der Waals surface area contributed by atoms with Crippen molar-refractivity contribution >= 4 is 0 Å². The summed E-state index contributed by atoms with van der Waals surface area (Å²) in [6.45, 7) is 0. The Kier molecular flexibility index (Phi) is 2.09. The second kappa shape index (κ2) is 3.26. The van der Waals surface area contributed by atoms with Crippen molar-refractivity contribution < 1.29 is 5.11 Å². The number of hydrogen-bond acceptors (Lipinski definition) is 3. The average Bonchev–Trinajstić information content (AvgIpc) is 2.73. The van der Waals surface area contributed by atoms with Crippen molar-refractivity contribution in [3.63, 3.8) is 0 Å². The molecule has 14 heavy (non-hydrogen) atoms. The van der Waals surface area contributed by atoms with E-state index in [0.717, 1.165) is 11.4 Å². The van der Waals surface area contributed by atoms with Gasteiger partial charge in [-0.1, -0.05) is 0 Å². The summed E-state index contributed by atoms with van der Waals surface area (Å²) < 4.78 is 3.44. The molecule has 0 aliphatic heterocycles. The number of hydrogen-bond donors (Lipinski definition) is 1. The van der Waals surface area contributed by atoms with E-state index in [1.54, 1.807) is 41.1 Å². The first kappa shape index (κ1) is 8.96. The van der Waals surface area contributed by atoms with Crippen molar-refractivity contribution in [3.8, 4) is 0 Å². The van der Waals surface area contributed by atoms with E-state index in [-0.39, 0.29) is 0 Å². The number of aliphatic hydroxyl groups is 1. The third-order valence-corrected chi connectivity index (χ3v) is 2.27. The molecule has 0 aliphatic carbocycles. The highest BCUT2D eigenvalue weighted by Crippen LogP contribution is 2.19. The minimum atomic E-state index is -0.671. The topological polar surface area (TPSA) is 55.9 Å². The highest BCUT2D eigenvalue weighted by Gasteiger charge is 2.16. The number of imidazole rings is 1. The predicted molar refractivity (Wildman–Crippen MR) is 50.5 cm³/mol. The quantitative estimate of drug-likeness (QED) is 0.741. The molecule has 2 heterocycles. The van der Waals surface area contributed by atoms with Crippen LogP contribution >= 0.6 is 0 Å². The lowest BCUT2D eigenvalue weighted by atomic mass is 10.2. The summed E-state index contributed by atoms with van der Waals surface area (Å²) in [5.41, 5.74) is 1.52. The van der Waals surface area contributed by atoms with Crippen molar-refractivity contribution in [2.75, 3.05) is 0 Å². The molecule has 2 aromatic rings. The smallest absolute Gasteiger partial charge is 0.137 e. The number of rotatable bonds is 2. The first-order valence-corrected chi connectivity index (χ1v) is 4.32. The average molecular weight is 192 g/mol. The van der Waals surface area contributed by atoms with E-state index in [2.05, 4.69) is 10.1 Å². The van der Waals surface area contributed by atoms with E-state index < -0.39 is 6.10 Å². The summed E-state index contributed by atoms with van der Waals surface area (Å²) >= 11 is 0. The summed E-state index contributed by atoms with van der Waals surface area (Å²) in [4.78, 5) is 3.96. The normalized spacial score (nSPS) is 13.1. The van der Waals surface area contributed by atoms with Crippen LogP contribution in [0.15, 0.2) is 24.8 Å². The van der Waals surface area contributed by atoms with Gasteiger partial charge in [0.25, 0.3) is 0 Å². The molecule has 0 aliphatic rings. The molecule has 0 saturated heterocycles. The first-order chi connectivity index (χ1) is 6.70. The minimum Gasteiger partial charge on any atom is -0.380 e. The Bertz CT molecular complexity index is 391. The third kappa shape index (κ3) is 1.31. The van der Waals surface area contributed by atoms with E-state index in [9.17, 15) is 5.11 Å². The second-order valence-electron chi connectivity index (χ2n) is 3.21. The van der Waals surface area contributed by atoms with Crippen LogP contribution in [0.3, 0.4) is 0 Å². The molecule has 5 nitrogen and oxygen atoms in total. The zero-order valence-corrected chi connectivity index (χ0v) is 8.12. The molecule has 0 amide bonds. The third-order valence-electron chi connectivity index (χ3n) is 2.27. The summed E-state index contributed by atoms with van der Waals surface area (Å²) in [5, 5.41) is 14.0. The molecule has 2 rings (SSSR count). The molecule has 5 heteroatoms. The van der Waals surface area contributed by atoms with Crippen molar-refractivity contribution in [2.45, 2.75) is 6.10 Å². The van der Waals surface area contributed by atoms with Gasteiger partial charge in [0.2, 0.25) is 0 Å². The van der Waals surface area contributed by atoms with Crippen LogP contribution in [0.25, 0.3) is 0 Å². The fourth-order valence-electron chi connectivity index (χ4n) is 1.43. The van der Waals surface area contributed by atoms with Crippen LogP contribution in [0, 0.1) is 0 Å². The largest absolute Gasteiger partial charge is 0.380 e. The number of nitrogens with zero attached hydrogens (tertiary/aromatic N) is 4. The van der Waals surface area contributed by atoms with Crippen molar-refractivity contribution in [1.29, 1.82) is 0 Å². The van der Waals surface area contributed by atoms with Crippen LogP contribution in [-0.2, 0) is 14.1 Å². The number of aryl methyl sites for hydroxylation is 2. The zero-order chi connectivity index (χ0) is 10.1. The van der Waals surface area contributed by atoms with Gasteiger partial charge in [-0.25, -0.2) is 4.98 Å². The monoisotopic (exact) mass is 192 g/mol. The maximum atomic E-state index is 10.0. The second-order valence-corrected chi connectivity index (χ2v) is 3.21. The Labute approximate surface area is 81.6 Å². The summed E-state index contributed by atoms with van der Waals surface area (Å²) in [6, 6.07) is 1.79. The minimum absolute atomic E-state index is 0.671. The highest BCUT2D eigenvalue weighted by molar-refractivity contribution is 5.17. The maximum Gasteiger partial charge on any atom is 0.137 e. The SMILES string of the molecule is Cn1cncc1C(O)c1ccnn1C. The van der Waals surface area contributed by atoms with Gasteiger partial charge in [0.1, 0.15) is 6.10 Å². The molecule has 0 spiro atoms. The lowest BCUT2D eigenvalue weighted by molar-refractivity contribution is 0.201. The molecule has 0 aromatic carbocycles. The van der Waals surface area contributed by atoms with Gasteiger partial charge in [0, 0.05) is 20.3 Å². The summed E-state index contributed by atoms with van der Waals surface area (Å²) in [6.07, 6.45) is 4.30. The van der Waals surface area contributed by atoms with Crippen LogP contribution in [0.2, 0.25) is 0 Å². The molecule has 2 aromatic heterocycles. The zero-order valence-electron chi connectivity index (χ0n) is 8.12. The van der Waals surface area contributed by atoms with Crippen molar-refractivity contribution in [3.05, 3.63) is 36.2 Å². The maximum absolute atomic E-state index is 10.0. The lowest BCUT2D eigenvalue weighted by Gasteiger charge is -2.11. The van der Waals surface area contributed by atoms with Gasteiger partial charge < -0.3 is 9.67 Å². The van der Waals surface area contributed by atoms with E-state index >= 15 is 0 Å². The van der Waals surface area contributed by atoms with Crippen LogP contribution in [0.1, 0.15) is 17.5 Å². The molecule has 0 radical (unpaired) electrons. The molecule has 74 valence electrons. The Hall–Kier alpha value is -1.62. The van der Waals surface area contributed by atoms with Crippen molar-refractivity contribution in [1.82, 2.24) is 19.3 Å². The lowest BCUT2D eigenvalue weighted by Crippen LogP contribution is -2.09. The standard InChI is InChI=1S/C9H12N4O/c1-12-6-10-5-8(12)9(14)7-3-4-11-13(7)2/h3-6,9,14H,1-2H3.